The fraction of sp³-hybridized carbons (Fsp3) is 0.292. The Morgan fingerprint density at radius 2 is 2.00 bits per heavy atom. The van der Waals surface area contributed by atoms with Crippen molar-refractivity contribution in [1.29, 1.82) is 0 Å². The fourth-order valence-corrected chi connectivity index (χ4v) is 4.76. The smallest absolute Gasteiger partial charge is 0.248 e. The molecule has 3 N–H and O–H groups in total. The summed E-state index contributed by atoms with van der Waals surface area (Å²) in [6, 6.07) is 13.4. The van der Waals surface area contributed by atoms with Crippen molar-refractivity contribution in [3.8, 4) is 5.75 Å². The first-order valence-electron chi connectivity index (χ1n) is 10.7. The van der Waals surface area contributed by atoms with Crippen LogP contribution in [-0.2, 0) is 11.4 Å². The lowest BCUT2D eigenvalue weighted by atomic mass is 9.94. The van der Waals surface area contributed by atoms with Crippen molar-refractivity contribution in [2.75, 3.05) is 11.1 Å². The lowest BCUT2D eigenvalue weighted by molar-refractivity contribution is -0.115. The molecule has 0 saturated carbocycles. The zero-order valence-corrected chi connectivity index (χ0v) is 21.2. The first-order valence-corrected chi connectivity index (χ1v) is 12.5. The number of rotatable bonds is 8. The quantitative estimate of drug-likeness (QED) is 0.390. The molecule has 0 spiro atoms. The number of hydrogen-bond acceptors (Lipinski definition) is 6. The molecule has 2 heterocycles. The summed E-state index contributed by atoms with van der Waals surface area (Å²) in [5.74, 6) is 1.62. The number of aromatic nitrogens is 3. The van der Waals surface area contributed by atoms with Crippen LogP contribution in [0.25, 0.3) is 0 Å². The molecule has 0 fully saturated rings. The van der Waals surface area contributed by atoms with Gasteiger partial charge in [0, 0.05) is 21.5 Å². The number of thioether (sulfide) groups is 1. The molecule has 1 amide bonds. The number of benzene rings is 2. The highest BCUT2D eigenvalue weighted by atomic mass is 79.9. The molecule has 9 heteroatoms. The molecule has 1 aromatic heterocycles. The average Bonchev–Trinajstić information content (AvgIpc) is 3.19. The highest BCUT2D eigenvalue weighted by Crippen LogP contribution is 2.41. The molecule has 1 aliphatic rings. The summed E-state index contributed by atoms with van der Waals surface area (Å²) in [7, 11) is 0. The third-order valence-electron chi connectivity index (χ3n) is 5.32. The zero-order chi connectivity index (χ0) is 23.5. The van der Waals surface area contributed by atoms with E-state index in [1.54, 1.807) is 16.4 Å². The number of aryl methyl sites for hydroxylation is 1. The third kappa shape index (κ3) is 5.09. The number of allylic oxidation sites excluding steroid dienone is 1. The second-order valence-corrected chi connectivity index (χ2v) is 9.88. The third-order valence-corrected chi connectivity index (χ3v) is 6.85. The van der Waals surface area contributed by atoms with Crippen LogP contribution in [0.5, 0.6) is 5.75 Å². The Hall–Kier alpha value is -2.78. The molecule has 33 heavy (non-hydrogen) atoms. The standard InChI is InChI=1S/C24H26BrN5O2S/c1-4-11-33-24-28-23-27-15(3)20(22(26)31)21(30(23)29-24)18-12-17(25)9-10-19(18)32-13-16-7-5-14(2)6-8-16/h5-10,12,21H,4,11,13H2,1-3H3,(H2,26,31)(H,27,28,29). The molecule has 0 aliphatic carbocycles. The first kappa shape index (κ1) is 23.4. The molecule has 0 saturated heterocycles. The molecule has 172 valence electrons. The Bertz CT molecular complexity index is 1210. The number of carbonyl (C=O) groups excluding carboxylic acids is 1. The number of amides is 1. The van der Waals surface area contributed by atoms with Gasteiger partial charge in [0.1, 0.15) is 18.4 Å². The minimum absolute atomic E-state index is 0.399. The summed E-state index contributed by atoms with van der Waals surface area (Å²) in [4.78, 5) is 17.2. The summed E-state index contributed by atoms with van der Waals surface area (Å²) in [5, 5.41) is 8.55. The van der Waals surface area contributed by atoms with Crippen LogP contribution in [0, 0.1) is 6.92 Å². The molecule has 7 nitrogen and oxygen atoms in total. The number of nitrogens with two attached hydrogens (primary N) is 1. The van der Waals surface area contributed by atoms with Crippen molar-refractivity contribution in [3.63, 3.8) is 0 Å². The van der Waals surface area contributed by atoms with E-state index in [-0.39, 0.29) is 0 Å². The van der Waals surface area contributed by atoms with Crippen molar-refractivity contribution in [1.82, 2.24) is 14.8 Å². The van der Waals surface area contributed by atoms with Crippen molar-refractivity contribution in [3.05, 3.63) is 74.9 Å². The van der Waals surface area contributed by atoms with Gasteiger partial charge in [-0.05, 0) is 44.0 Å². The minimum Gasteiger partial charge on any atom is -0.489 e. The van der Waals surface area contributed by atoms with Gasteiger partial charge in [-0.3, -0.25) is 4.79 Å². The van der Waals surface area contributed by atoms with E-state index in [2.05, 4.69) is 52.2 Å². The van der Waals surface area contributed by atoms with Gasteiger partial charge in [-0.15, -0.1) is 5.10 Å². The number of primary amides is 1. The van der Waals surface area contributed by atoms with Crippen LogP contribution in [0.1, 0.15) is 43.0 Å². The van der Waals surface area contributed by atoms with E-state index >= 15 is 0 Å². The lowest BCUT2D eigenvalue weighted by Crippen LogP contribution is -2.32. The Kier molecular flexibility index (Phi) is 7.09. The highest BCUT2D eigenvalue weighted by Gasteiger charge is 2.35. The Balaban J connectivity index is 1.77. The van der Waals surface area contributed by atoms with Gasteiger partial charge in [-0.1, -0.05) is 64.4 Å². The highest BCUT2D eigenvalue weighted by molar-refractivity contribution is 9.10. The topological polar surface area (TPSA) is 95.1 Å². The number of hydrogen-bond donors (Lipinski definition) is 2. The molecule has 1 aliphatic heterocycles. The summed E-state index contributed by atoms with van der Waals surface area (Å²) in [6.45, 7) is 6.39. The number of nitrogens with one attached hydrogen (secondary N) is 1. The Morgan fingerprint density at radius 3 is 2.70 bits per heavy atom. The van der Waals surface area contributed by atoms with Gasteiger partial charge < -0.3 is 15.8 Å². The lowest BCUT2D eigenvalue weighted by Gasteiger charge is -2.29. The molecule has 0 bridgehead atoms. The summed E-state index contributed by atoms with van der Waals surface area (Å²) in [6.07, 6.45) is 1.01. The van der Waals surface area contributed by atoms with E-state index in [1.807, 2.05) is 37.3 Å². The molecule has 1 atom stereocenters. The number of fused-ring (bicyclic) bond motifs is 1. The second kappa shape index (κ2) is 10.0. The van der Waals surface area contributed by atoms with Crippen molar-refractivity contribution in [2.45, 2.75) is 45.0 Å². The molecule has 4 rings (SSSR count). The van der Waals surface area contributed by atoms with Gasteiger partial charge >= 0.3 is 0 Å². The van der Waals surface area contributed by atoms with Crippen molar-refractivity contribution >= 4 is 39.5 Å². The zero-order valence-electron chi connectivity index (χ0n) is 18.8. The van der Waals surface area contributed by atoms with Crippen molar-refractivity contribution < 1.29 is 9.53 Å². The van der Waals surface area contributed by atoms with Crippen LogP contribution in [0.2, 0.25) is 0 Å². The van der Waals surface area contributed by atoms with E-state index in [1.165, 1.54) is 5.56 Å². The number of anilines is 1. The Morgan fingerprint density at radius 1 is 1.24 bits per heavy atom. The van der Waals surface area contributed by atoms with Crippen LogP contribution >= 0.6 is 27.7 Å². The number of carbonyl (C=O) groups is 1. The predicted octanol–water partition coefficient (Wildman–Crippen LogP) is 5.20. The van der Waals surface area contributed by atoms with Crippen LogP contribution in [-0.4, -0.2) is 26.4 Å². The molecular weight excluding hydrogens is 502 g/mol. The minimum atomic E-state index is -0.562. The maximum Gasteiger partial charge on any atom is 0.248 e. The predicted molar refractivity (Wildman–Crippen MR) is 134 cm³/mol. The van der Waals surface area contributed by atoms with Gasteiger partial charge in [-0.25, -0.2) is 4.68 Å². The maximum atomic E-state index is 12.5. The molecular formula is C24H26BrN5O2S. The van der Waals surface area contributed by atoms with E-state index < -0.39 is 11.9 Å². The largest absolute Gasteiger partial charge is 0.489 e. The molecule has 0 radical (unpaired) electrons. The van der Waals surface area contributed by atoms with E-state index in [9.17, 15) is 4.79 Å². The van der Waals surface area contributed by atoms with Gasteiger partial charge in [0.25, 0.3) is 0 Å². The van der Waals surface area contributed by atoms with Crippen molar-refractivity contribution in [2.24, 2.45) is 5.73 Å². The SMILES string of the molecule is CCCSc1nc2n(n1)C(c1cc(Br)ccc1OCc1ccc(C)cc1)C(C(N)=O)=C(C)N2. The van der Waals surface area contributed by atoms with E-state index in [4.69, 9.17) is 15.6 Å². The van der Waals surface area contributed by atoms with Crippen LogP contribution in [0.4, 0.5) is 5.95 Å². The normalized spacial score (nSPS) is 15.2. The van der Waals surface area contributed by atoms with Crippen LogP contribution < -0.4 is 15.8 Å². The second-order valence-electron chi connectivity index (χ2n) is 7.90. The Labute approximate surface area is 205 Å². The summed E-state index contributed by atoms with van der Waals surface area (Å²) in [5.41, 5.74) is 9.96. The fourth-order valence-electron chi connectivity index (χ4n) is 3.70. The van der Waals surface area contributed by atoms with E-state index in [0.29, 0.717) is 34.7 Å². The monoisotopic (exact) mass is 527 g/mol. The summed E-state index contributed by atoms with van der Waals surface area (Å²) < 4.78 is 8.83. The number of ether oxygens (including phenoxy) is 1. The summed E-state index contributed by atoms with van der Waals surface area (Å²) >= 11 is 5.15. The van der Waals surface area contributed by atoms with Gasteiger partial charge in [0.2, 0.25) is 17.0 Å². The van der Waals surface area contributed by atoms with Crippen LogP contribution in [0.15, 0.2) is 63.4 Å². The molecule has 1 unspecified atom stereocenters. The first-order chi connectivity index (χ1) is 15.9. The van der Waals surface area contributed by atoms with Gasteiger partial charge in [-0.2, -0.15) is 4.98 Å². The number of nitrogens with zero attached hydrogens (tertiary/aromatic N) is 3. The molecule has 2 aromatic carbocycles. The van der Waals surface area contributed by atoms with Gasteiger partial charge in [0.05, 0.1) is 5.57 Å². The van der Waals surface area contributed by atoms with Gasteiger partial charge in [0.15, 0.2) is 0 Å². The van der Waals surface area contributed by atoms with E-state index in [0.717, 1.165) is 27.8 Å². The number of halogens is 1. The van der Waals surface area contributed by atoms with Crippen LogP contribution in [0.3, 0.4) is 0 Å². The average molecular weight is 528 g/mol. The maximum absolute atomic E-state index is 12.5. The molecule has 3 aromatic rings.